The summed E-state index contributed by atoms with van der Waals surface area (Å²) in [6.45, 7) is 4.78. The summed E-state index contributed by atoms with van der Waals surface area (Å²) in [6, 6.07) is 5.75. The highest BCUT2D eigenvalue weighted by Gasteiger charge is 2.29. The topological polar surface area (TPSA) is 82.8 Å². The van der Waals surface area contributed by atoms with Crippen LogP contribution in [0.5, 0.6) is 5.75 Å². The Labute approximate surface area is 149 Å². The van der Waals surface area contributed by atoms with Gasteiger partial charge in [0, 0.05) is 31.5 Å². The minimum Gasteiger partial charge on any atom is -0.493 e. The Kier molecular flexibility index (Phi) is 6.29. The highest BCUT2D eigenvalue weighted by atomic mass is 16.5. The summed E-state index contributed by atoms with van der Waals surface area (Å²) in [4.78, 5) is 12.3. The third-order valence-electron chi connectivity index (χ3n) is 4.93. The Bertz CT molecular complexity index is 587. The van der Waals surface area contributed by atoms with Gasteiger partial charge in [0.25, 0.3) is 5.91 Å². The molecule has 3 rings (SSSR count). The van der Waals surface area contributed by atoms with Crippen LogP contribution < -0.4 is 15.8 Å². The summed E-state index contributed by atoms with van der Waals surface area (Å²) in [6.07, 6.45) is 3.20. The standard InChI is InChI=1S/C19H28N2O4/c1-13-2-3-15(21-19(22)17-5-4-16(11-20)25-17)10-18(13)24-12-14-6-8-23-9-7-14/h2-3,10,14,16-17H,4-9,11-12,20H2,1H3,(H,21,22)/t16-,17+/m1/s1. The summed E-state index contributed by atoms with van der Waals surface area (Å²) in [7, 11) is 0. The van der Waals surface area contributed by atoms with Crippen LogP contribution in [0.15, 0.2) is 18.2 Å². The smallest absolute Gasteiger partial charge is 0.253 e. The summed E-state index contributed by atoms with van der Waals surface area (Å²) in [5.74, 6) is 1.23. The van der Waals surface area contributed by atoms with E-state index in [9.17, 15) is 4.79 Å². The lowest BCUT2D eigenvalue weighted by Crippen LogP contribution is -2.29. The number of nitrogens with two attached hydrogens (primary N) is 1. The average molecular weight is 348 g/mol. The lowest BCUT2D eigenvalue weighted by Gasteiger charge is -2.22. The van der Waals surface area contributed by atoms with Gasteiger partial charge in [-0.1, -0.05) is 6.07 Å². The molecule has 0 saturated carbocycles. The largest absolute Gasteiger partial charge is 0.493 e. The van der Waals surface area contributed by atoms with Crippen LogP contribution in [0.4, 0.5) is 5.69 Å². The second-order valence-electron chi connectivity index (χ2n) is 6.90. The number of rotatable bonds is 6. The van der Waals surface area contributed by atoms with Crippen LogP contribution in [-0.2, 0) is 14.3 Å². The maximum Gasteiger partial charge on any atom is 0.253 e. The van der Waals surface area contributed by atoms with Gasteiger partial charge in [0.05, 0.1) is 12.7 Å². The van der Waals surface area contributed by atoms with Crippen molar-refractivity contribution < 1.29 is 19.0 Å². The molecular weight excluding hydrogens is 320 g/mol. The Hall–Kier alpha value is -1.63. The molecule has 6 heteroatoms. The molecule has 2 saturated heterocycles. The Morgan fingerprint density at radius 2 is 2.08 bits per heavy atom. The van der Waals surface area contributed by atoms with Gasteiger partial charge >= 0.3 is 0 Å². The Morgan fingerprint density at radius 3 is 2.80 bits per heavy atom. The third-order valence-corrected chi connectivity index (χ3v) is 4.93. The number of amides is 1. The van der Waals surface area contributed by atoms with Crippen molar-refractivity contribution in [1.29, 1.82) is 0 Å². The Morgan fingerprint density at radius 1 is 1.28 bits per heavy atom. The minimum absolute atomic E-state index is 0.00728. The van der Waals surface area contributed by atoms with Gasteiger partial charge in [-0.25, -0.2) is 0 Å². The maximum atomic E-state index is 12.3. The number of anilines is 1. The van der Waals surface area contributed by atoms with Crippen LogP contribution in [0.3, 0.4) is 0 Å². The number of carbonyl (C=O) groups is 1. The number of carbonyl (C=O) groups excluding carboxylic acids is 1. The quantitative estimate of drug-likeness (QED) is 0.824. The van der Waals surface area contributed by atoms with Crippen LogP contribution in [0.25, 0.3) is 0 Å². The molecule has 0 radical (unpaired) electrons. The summed E-state index contributed by atoms with van der Waals surface area (Å²) >= 11 is 0. The van der Waals surface area contributed by atoms with Crippen molar-refractivity contribution in [2.24, 2.45) is 11.7 Å². The van der Waals surface area contributed by atoms with E-state index in [2.05, 4.69) is 5.32 Å². The zero-order valence-electron chi connectivity index (χ0n) is 14.8. The monoisotopic (exact) mass is 348 g/mol. The first-order chi connectivity index (χ1) is 12.2. The molecule has 1 aromatic rings. The number of aryl methyl sites for hydroxylation is 1. The first-order valence-electron chi connectivity index (χ1n) is 9.13. The molecule has 0 spiro atoms. The Balaban J connectivity index is 1.56. The molecule has 2 atom stereocenters. The first kappa shape index (κ1) is 18.2. The summed E-state index contributed by atoms with van der Waals surface area (Å²) in [5, 5.41) is 2.93. The molecule has 0 unspecified atom stereocenters. The van der Waals surface area contributed by atoms with Gasteiger partial charge in [0.15, 0.2) is 0 Å². The maximum absolute atomic E-state index is 12.3. The fraction of sp³-hybridized carbons (Fsp3) is 0.632. The summed E-state index contributed by atoms with van der Waals surface area (Å²) < 4.78 is 17.0. The third kappa shape index (κ3) is 4.93. The predicted molar refractivity (Wildman–Crippen MR) is 95.8 cm³/mol. The molecule has 2 aliphatic rings. The van der Waals surface area contributed by atoms with Crippen molar-refractivity contribution in [3.8, 4) is 5.75 Å². The fourth-order valence-corrected chi connectivity index (χ4v) is 3.25. The van der Waals surface area contributed by atoms with E-state index in [1.165, 1.54) is 0 Å². The second kappa shape index (κ2) is 8.65. The normalized spacial score (nSPS) is 24.2. The number of benzene rings is 1. The molecule has 1 aromatic carbocycles. The van der Waals surface area contributed by atoms with E-state index in [-0.39, 0.29) is 12.0 Å². The molecule has 0 aromatic heterocycles. The average Bonchev–Trinajstić information content (AvgIpc) is 3.12. The summed E-state index contributed by atoms with van der Waals surface area (Å²) in [5.41, 5.74) is 7.39. The molecule has 0 bridgehead atoms. The number of nitrogens with one attached hydrogen (secondary N) is 1. The van der Waals surface area contributed by atoms with Crippen molar-refractivity contribution in [3.63, 3.8) is 0 Å². The van der Waals surface area contributed by atoms with Crippen LogP contribution in [0.1, 0.15) is 31.2 Å². The predicted octanol–water partition coefficient (Wildman–Crippen LogP) is 2.25. The zero-order chi connectivity index (χ0) is 17.6. The molecule has 6 nitrogen and oxygen atoms in total. The van der Waals surface area contributed by atoms with E-state index in [1.54, 1.807) is 0 Å². The van der Waals surface area contributed by atoms with E-state index < -0.39 is 6.10 Å². The van der Waals surface area contributed by atoms with Gasteiger partial charge < -0.3 is 25.3 Å². The molecule has 138 valence electrons. The number of hydrogen-bond donors (Lipinski definition) is 2. The lowest BCUT2D eigenvalue weighted by molar-refractivity contribution is -0.126. The minimum atomic E-state index is -0.415. The van der Waals surface area contributed by atoms with Crippen LogP contribution >= 0.6 is 0 Å². The lowest BCUT2D eigenvalue weighted by atomic mass is 10.0. The zero-order valence-corrected chi connectivity index (χ0v) is 14.8. The van der Waals surface area contributed by atoms with Crippen molar-refractivity contribution in [3.05, 3.63) is 23.8 Å². The molecule has 2 heterocycles. The molecule has 25 heavy (non-hydrogen) atoms. The van der Waals surface area contributed by atoms with Crippen molar-refractivity contribution >= 4 is 11.6 Å². The van der Waals surface area contributed by atoms with E-state index in [4.69, 9.17) is 19.9 Å². The molecule has 0 aliphatic carbocycles. The van der Waals surface area contributed by atoms with Gasteiger partial charge in [-0.15, -0.1) is 0 Å². The second-order valence-corrected chi connectivity index (χ2v) is 6.90. The van der Waals surface area contributed by atoms with Gasteiger partial charge in [-0.05, 0) is 50.2 Å². The van der Waals surface area contributed by atoms with Crippen molar-refractivity contribution in [1.82, 2.24) is 0 Å². The van der Waals surface area contributed by atoms with Crippen molar-refractivity contribution in [2.45, 2.75) is 44.8 Å². The van der Waals surface area contributed by atoms with E-state index in [1.807, 2.05) is 25.1 Å². The number of hydrogen-bond acceptors (Lipinski definition) is 5. The SMILES string of the molecule is Cc1ccc(NC(=O)[C@@H]2CC[C@H](CN)O2)cc1OCC1CCOCC1. The molecule has 3 N–H and O–H groups in total. The van der Waals surface area contributed by atoms with Gasteiger partial charge in [-0.3, -0.25) is 4.79 Å². The van der Waals surface area contributed by atoms with Gasteiger partial charge in [0.1, 0.15) is 11.9 Å². The molecule has 1 amide bonds. The van der Waals surface area contributed by atoms with E-state index in [0.29, 0.717) is 25.5 Å². The highest BCUT2D eigenvalue weighted by Crippen LogP contribution is 2.26. The first-order valence-corrected chi connectivity index (χ1v) is 9.13. The highest BCUT2D eigenvalue weighted by molar-refractivity contribution is 5.94. The van der Waals surface area contributed by atoms with Gasteiger partial charge in [-0.2, -0.15) is 0 Å². The van der Waals surface area contributed by atoms with Crippen LogP contribution in [0, 0.1) is 12.8 Å². The number of ether oxygens (including phenoxy) is 3. The van der Waals surface area contributed by atoms with Crippen LogP contribution in [-0.4, -0.2) is 44.5 Å². The fourth-order valence-electron chi connectivity index (χ4n) is 3.25. The van der Waals surface area contributed by atoms with Gasteiger partial charge in [0.2, 0.25) is 0 Å². The molecular formula is C19H28N2O4. The molecule has 2 fully saturated rings. The van der Waals surface area contributed by atoms with E-state index in [0.717, 1.165) is 49.5 Å². The van der Waals surface area contributed by atoms with Crippen molar-refractivity contribution in [2.75, 3.05) is 31.7 Å². The van der Waals surface area contributed by atoms with Crippen LogP contribution in [0.2, 0.25) is 0 Å². The molecule has 2 aliphatic heterocycles. The van der Waals surface area contributed by atoms with E-state index >= 15 is 0 Å².